The summed E-state index contributed by atoms with van der Waals surface area (Å²) in [7, 11) is 0. The summed E-state index contributed by atoms with van der Waals surface area (Å²) < 4.78 is 11.9. The molecule has 3 rings (SSSR count). The maximum absolute atomic E-state index is 11.6. The number of ether oxygens (including phenoxy) is 2. The molecular formula is C13H10ClNO3. The first kappa shape index (κ1) is 11.2. The molecule has 4 nitrogen and oxygen atoms in total. The van der Waals surface area contributed by atoms with E-state index < -0.39 is 0 Å². The molecule has 0 saturated carbocycles. The number of hydrogen-bond acceptors (Lipinski definition) is 3. The molecule has 0 spiro atoms. The summed E-state index contributed by atoms with van der Waals surface area (Å²) in [6, 6.07) is 10.6. The van der Waals surface area contributed by atoms with Crippen molar-refractivity contribution in [2.45, 2.75) is 6.10 Å². The van der Waals surface area contributed by atoms with Crippen LogP contribution in [0.3, 0.4) is 0 Å². The Hall–Kier alpha value is -1.94. The van der Waals surface area contributed by atoms with E-state index in [9.17, 15) is 5.21 Å². The van der Waals surface area contributed by atoms with Gasteiger partial charge in [-0.15, -0.1) is 4.73 Å². The van der Waals surface area contributed by atoms with Crippen molar-refractivity contribution >= 4 is 11.6 Å². The number of hydrogen-bond donors (Lipinski definition) is 0. The summed E-state index contributed by atoms with van der Waals surface area (Å²) >= 11 is 5.83. The Morgan fingerprint density at radius 2 is 2.00 bits per heavy atom. The van der Waals surface area contributed by atoms with Crippen LogP contribution in [0, 0.1) is 5.21 Å². The molecule has 2 heterocycles. The molecule has 92 valence electrons. The van der Waals surface area contributed by atoms with E-state index in [0.29, 0.717) is 22.1 Å². The molecule has 1 aromatic carbocycles. The summed E-state index contributed by atoms with van der Waals surface area (Å²) in [5.41, 5.74) is 0.925. The lowest BCUT2D eigenvalue weighted by molar-refractivity contribution is -0.615. The molecule has 0 amide bonds. The SMILES string of the molecule is [O-][n+]1cccc2c1O[C@H](c1ccc(Cl)cc1)CO2. The first-order chi connectivity index (χ1) is 8.74. The van der Waals surface area contributed by atoms with Crippen LogP contribution in [0.4, 0.5) is 0 Å². The van der Waals surface area contributed by atoms with Crippen molar-refractivity contribution in [3.63, 3.8) is 0 Å². The van der Waals surface area contributed by atoms with Crippen LogP contribution in [-0.2, 0) is 0 Å². The Balaban J connectivity index is 1.90. The van der Waals surface area contributed by atoms with Gasteiger partial charge in [-0.05, 0) is 23.8 Å². The summed E-state index contributed by atoms with van der Waals surface area (Å²) in [4.78, 5) is 0. The lowest BCUT2D eigenvalue weighted by Crippen LogP contribution is -2.34. The zero-order valence-electron chi connectivity index (χ0n) is 9.38. The van der Waals surface area contributed by atoms with Crippen molar-refractivity contribution in [1.29, 1.82) is 0 Å². The lowest BCUT2D eigenvalue weighted by atomic mass is 10.1. The molecule has 0 aliphatic carbocycles. The maximum atomic E-state index is 11.6. The third kappa shape index (κ3) is 1.95. The first-order valence-corrected chi connectivity index (χ1v) is 5.89. The molecular weight excluding hydrogens is 254 g/mol. The topological polar surface area (TPSA) is 45.4 Å². The van der Waals surface area contributed by atoms with E-state index in [-0.39, 0.29) is 12.0 Å². The summed E-state index contributed by atoms with van der Waals surface area (Å²) in [6.07, 6.45) is 1.09. The van der Waals surface area contributed by atoms with E-state index >= 15 is 0 Å². The smallest absolute Gasteiger partial charge is 0.423 e. The van der Waals surface area contributed by atoms with Gasteiger partial charge in [0.1, 0.15) is 6.61 Å². The van der Waals surface area contributed by atoms with Crippen molar-refractivity contribution < 1.29 is 14.2 Å². The first-order valence-electron chi connectivity index (χ1n) is 5.51. The molecule has 18 heavy (non-hydrogen) atoms. The van der Waals surface area contributed by atoms with Crippen LogP contribution < -0.4 is 14.2 Å². The minimum absolute atomic E-state index is 0.198. The Labute approximate surface area is 109 Å². The highest BCUT2D eigenvalue weighted by molar-refractivity contribution is 6.30. The largest absolute Gasteiger partial charge is 0.616 e. The van der Waals surface area contributed by atoms with Crippen molar-refractivity contribution in [3.8, 4) is 11.6 Å². The zero-order valence-corrected chi connectivity index (χ0v) is 10.1. The zero-order chi connectivity index (χ0) is 12.5. The fourth-order valence-corrected chi connectivity index (χ4v) is 1.98. The second kappa shape index (κ2) is 4.38. The Kier molecular flexibility index (Phi) is 2.72. The average Bonchev–Trinajstić information content (AvgIpc) is 2.40. The Morgan fingerprint density at radius 3 is 2.78 bits per heavy atom. The molecule has 1 aromatic heterocycles. The lowest BCUT2D eigenvalue weighted by Gasteiger charge is -2.24. The number of rotatable bonds is 1. The van der Waals surface area contributed by atoms with Gasteiger partial charge in [-0.2, -0.15) is 0 Å². The van der Waals surface area contributed by atoms with E-state index in [1.54, 1.807) is 24.3 Å². The van der Waals surface area contributed by atoms with E-state index in [0.717, 1.165) is 5.56 Å². The molecule has 5 heteroatoms. The number of pyridine rings is 1. The van der Waals surface area contributed by atoms with E-state index in [1.165, 1.54) is 6.20 Å². The van der Waals surface area contributed by atoms with Gasteiger partial charge < -0.3 is 14.7 Å². The van der Waals surface area contributed by atoms with E-state index in [4.69, 9.17) is 21.1 Å². The van der Waals surface area contributed by atoms with E-state index in [1.807, 2.05) is 12.1 Å². The monoisotopic (exact) mass is 263 g/mol. The third-order valence-electron chi connectivity index (χ3n) is 2.77. The van der Waals surface area contributed by atoms with Crippen molar-refractivity contribution in [2.75, 3.05) is 6.61 Å². The Bertz CT molecular complexity index is 571. The van der Waals surface area contributed by atoms with Gasteiger partial charge in [0.05, 0.1) is 0 Å². The fourth-order valence-electron chi connectivity index (χ4n) is 1.85. The molecule has 0 radical (unpaired) electrons. The second-order valence-electron chi connectivity index (χ2n) is 3.97. The van der Waals surface area contributed by atoms with Crippen molar-refractivity contribution in [1.82, 2.24) is 0 Å². The van der Waals surface area contributed by atoms with Gasteiger partial charge in [-0.25, -0.2) is 0 Å². The Morgan fingerprint density at radius 1 is 1.22 bits per heavy atom. The molecule has 0 unspecified atom stereocenters. The molecule has 0 saturated heterocycles. The number of aromatic nitrogens is 1. The second-order valence-corrected chi connectivity index (χ2v) is 4.41. The van der Waals surface area contributed by atoms with Crippen molar-refractivity contribution in [3.05, 3.63) is 58.4 Å². The van der Waals surface area contributed by atoms with Gasteiger partial charge >= 0.3 is 5.88 Å². The average molecular weight is 264 g/mol. The van der Waals surface area contributed by atoms with Crippen LogP contribution in [0.25, 0.3) is 0 Å². The number of fused-ring (bicyclic) bond motifs is 1. The minimum atomic E-state index is -0.294. The highest BCUT2D eigenvalue weighted by Crippen LogP contribution is 2.33. The van der Waals surface area contributed by atoms with Crippen LogP contribution in [-0.4, -0.2) is 6.61 Å². The van der Waals surface area contributed by atoms with Gasteiger partial charge in [0.15, 0.2) is 12.3 Å². The van der Waals surface area contributed by atoms with Crippen LogP contribution >= 0.6 is 11.6 Å². The van der Waals surface area contributed by atoms with Gasteiger partial charge in [0.25, 0.3) is 0 Å². The van der Waals surface area contributed by atoms with E-state index in [2.05, 4.69) is 0 Å². The van der Waals surface area contributed by atoms with Gasteiger partial charge in [0, 0.05) is 11.1 Å². The van der Waals surface area contributed by atoms with Crippen LogP contribution in [0.5, 0.6) is 11.6 Å². The van der Waals surface area contributed by atoms with Gasteiger partial charge in [-0.1, -0.05) is 23.7 Å². The predicted octanol–water partition coefficient (Wildman–Crippen LogP) is 2.49. The van der Waals surface area contributed by atoms with Crippen LogP contribution in [0.15, 0.2) is 42.6 Å². The molecule has 0 N–H and O–H groups in total. The predicted molar refractivity (Wildman–Crippen MR) is 65.7 cm³/mol. The van der Waals surface area contributed by atoms with Crippen molar-refractivity contribution in [2.24, 2.45) is 0 Å². The highest BCUT2D eigenvalue weighted by atomic mass is 35.5. The third-order valence-corrected chi connectivity index (χ3v) is 3.02. The van der Waals surface area contributed by atoms with Crippen LogP contribution in [0.1, 0.15) is 11.7 Å². The standard InChI is InChI=1S/C13H10ClNO3/c14-10-5-3-9(4-6-10)12-8-17-11-2-1-7-15(16)13(11)18-12/h1-7,12H,8H2/t12-/m0/s1. The maximum Gasteiger partial charge on any atom is 0.423 e. The molecule has 2 aromatic rings. The summed E-state index contributed by atoms with van der Waals surface area (Å²) in [6.45, 7) is 0.374. The number of halogens is 1. The molecule has 0 fully saturated rings. The minimum Gasteiger partial charge on any atom is -0.616 e. The number of nitrogens with zero attached hydrogens (tertiary/aromatic N) is 1. The summed E-state index contributed by atoms with van der Waals surface area (Å²) in [5, 5.41) is 12.2. The fraction of sp³-hybridized carbons (Fsp3) is 0.154. The quantitative estimate of drug-likeness (QED) is 0.587. The molecule has 0 bridgehead atoms. The molecule has 1 aliphatic rings. The number of benzene rings is 1. The van der Waals surface area contributed by atoms with Gasteiger partial charge in [-0.3, -0.25) is 0 Å². The highest BCUT2D eigenvalue weighted by Gasteiger charge is 2.28. The normalized spacial score (nSPS) is 17.5. The molecule has 1 atom stereocenters. The molecule has 1 aliphatic heterocycles. The van der Waals surface area contributed by atoms with Crippen LogP contribution in [0.2, 0.25) is 5.02 Å². The summed E-state index contributed by atoms with van der Waals surface area (Å²) in [5.74, 6) is 0.668. The van der Waals surface area contributed by atoms with Gasteiger partial charge in [0.2, 0.25) is 5.75 Å².